The van der Waals surface area contributed by atoms with Gasteiger partial charge in [0.2, 0.25) is 5.91 Å². The highest BCUT2D eigenvalue weighted by Gasteiger charge is 2.23. The number of para-hydroxylation sites is 1. The van der Waals surface area contributed by atoms with Crippen molar-refractivity contribution in [3.05, 3.63) is 29.8 Å². The standard InChI is InChI=1S/C14H21N3O/c15-10-12(9-14(16)18)17-8-4-3-6-11-5-1-2-7-13(11)17/h1-2,5,7,12H,3-4,6,8-10,15H2,(H2,16,18). The zero-order valence-corrected chi connectivity index (χ0v) is 10.6. The first kappa shape index (κ1) is 12.9. The van der Waals surface area contributed by atoms with Crippen LogP contribution in [-0.2, 0) is 11.2 Å². The van der Waals surface area contributed by atoms with Crippen LogP contribution >= 0.6 is 0 Å². The summed E-state index contributed by atoms with van der Waals surface area (Å²) < 4.78 is 0. The van der Waals surface area contributed by atoms with Crippen LogP contribution in [-0.4, -0.2) is 25.0 Å². The molecule has 1 unspecified atom stereocenters. The monoisotopic (exact) mass is 247 g/mol. The third-order valence-electron chi connectivity index (χ3n) is 3.55. The van der Waals surface area contributed by atoms with E-state index in [2.05, 4.69) is 23.1 Å². The first-order chi connectivity index (χ1) is 8.72. The Kier molecular flexibility index (Phi) is 4.20. The lowest BCUT2D eigenvalue weighted by molar-refractivity contribution is -0.118. The van der Waals surface area contributed by atoms with Gasteiger partial charge in [-0.2, -0.15) is 0 Å². The Balaban J connectivity index is 2.28. The lowest BCUT2D eigenvalue weighted by Gasteiger charge is -2.32. The van der Waals surface area contributed by atoms with Crippen LogP contribution in [0.2, 0.25) is 0 Å². The van der Waals surface area contributed by atoms with Gasteiger partial charge in [-0.15, -0.1) is 0 Å². The van der Waals surface area contributed by atoms with Crippen molar-refractivity contribution in [3.63, 3.8) is 0 Å². The van der Waals surface area contributed by atoms with Crippen LogP contribution in [0.15, 0.2) is 24.3 Å². The van der Waals surface area contributed by atoms with Crippen molar-refractivity contribution in [1.29, 1.82) is 0 Å². The number of fused-ring (bicyclic) bond motifs is 1. The molecule has 4 N–H and O–H groups in total. The normalized spacial score (nSPS) is 16.8. The summed E-state index contributed by atoms with van der Waals surface area (Å²) >= 11 is 0. The molecule has 0 aliphatic carbocycles. The van der Waals surface area contributed by atoms with Crippen molar-refractivity contribution in [2.45, 2.75) is 31.7 Å². The van der Waals surface area contributed by atoms with Gasteiger partial charge in [0.1, 0.15) is 0 Å². The fourth-order valence-corrected chi connectivity index (χ4v) is 2.65. The molecule has 18 heavy (non-hydrogen) atoms. The van der Waals surface area contributed by atoms with Crippen LogP contribution in [0.4, 0.5) is 5.69 Å². The Morgan fingerprint density at radius 2 is 2.11 bits per heavy atom. The lowest BCUT2D eigenvalue weighted by Crippen LogP contribution is -2.43. The molecular formula is C14H21N3O. The fourth-order valence-electron chi connectivity index (χ4n) is 2.65. The fraction of sp³-hybridized carbons (Fsp3) is 0.500. The van der Waals surface area contributed by atoms with Gasteiger partial charge in [0.15, 0.2) is 0 Å². The number of benzene rings is 1. The first-order valence-electron chi connectivity index (χ1n) is 6.55. The summed E-state index contributed by atoms with van der Waals surface area (Å²) in [5, 5.41) is 0. The van der Waals surface area contributed by atoms with Gasteiger partial charge < -0.3 is 16.4 Å². The maximum Gasteiger partial charge on any atom is 0.219 e. The number of anilines is 1. The number of primary amides is 1. The Labute approximate surface area is 108 Å². The predicted octanol–water partition coefficient (Wildman–Crippen LogP) is 1.03. The number of carbonyl (C=O) groups is 1. The average Bonchev–Trinajstić information content (AvgIpc) is 2.58. The summed E-state index contributed by atoms with van der Waals surface area (Å²) in [6.45, 7) is 1.41. The van der Waals surface area contributed by atoms with E-state index < -0.39 is 0 Å². The second kappa shape index (κ2) is 5.87. The molecule has 0 saturated carbocycles. The van der Waals surface area contributed by atoms with E-state index in [0.717, 1.165) is 19.4 Å². The minimum atomic E-state index is -0.285. The van der Waals surface area contributed by atoms with Gasteiger partial charge in [-0.1, -0.05) is 18.2 Å². The van der Waals surface area contributed by atoms with E-state index in [1.54, 1.807) is 0 Å². The SMILES string of the molecule is NCC(CC(N)=O)N1CCCCc2ccccc21. The van der Waals surface area contributed by atoms with E-state index in [-0.39, 0.29) is 11.9 Å². The predicted molar refractivity (Wildman–Crippen MR) is 73.4 cm³/mol. The molecule has 1 atom stereocenters. The molecule has 1 aliphatic heterocycles. The van der Waals surface area contributed by atoms with Gasteiger partial charge in [0, 0.05) is 31.2 Å². The molecule has 1 aromatic rings. The minimum absolute atomic E-state index is 0.0155. The van der Waals surface area contributed by atoms with Crippen molar-refractivity contribution in [1.82, 2.24) is 0 Å². The molecule has 4 nitrogen and oxygen atoms in total. The zero-order chi connectivity index (χ0) is 13.0. The Hall–Kier alpha value is -1.55. The van der Waals surface area contributed by atoms with Crippen molar-refractivity contribution in [2.24, 2.45) is 11.5 Å². The third kappa shape index (κ3) is 2.82. The highest BCUT2D eigenvalue weighted by atomic mass is 16.1. The maximum atomic E-state index is 11.1. The summed E-state index contributed by atoms with van der Waals surface area (Å²) in [5.74, 6) is -0.285. The first-order valence-corrected chi connectivity index (χ1v) is 6.55. The van der Waals surface area contributed by atoms with Crippen LogP contribution in [0.1, 0.15) is 24.8 Å². The van der Waals surface area contributed by atoms with Crippen molar-refractivity contribution in [2.75, 3.05) is 18.0 Å². The molecule has 1 amide bonds. The topological polar surface area (TPSA) is 72.3 Å². The van der Waals surface area contributed by atoms with E-state index in [1.165, 1.54) is 17.7 Å². The van der Waals surface area contributed by atoms with E-state index in [4.69, 9.17) is 11.5 Å². The molecule has 1 aromatic carbocycles. The lowest BCUT2D eigenvalue weighted by atomic mass is 10.1. The number of nitrogens with two attached hydrogens (primary N) is 2. The van der Waals surface area contributed by atoms with Crippen LogP contribution in [0.25, 0.3) is 0 Å². The zero-order valence-electron chi connectivity index (χ0n) is 10.6. The van der Waals surface area contributed by atoms with Crippen molar-refractivity contribution in [3.8, 4) is 0 Å². The Bertz CT molecular complexity index is 419. The summed E-state index contributed by atoms with van der Waals surface area (Å²) in [7, 11) is 0. The third-order valence-corrected chi connectivity index (χ3v) is 3.55. The number of carbonyl (C=O) groups excluding carboxylic acids is 1. The molecule has 0 spiro atoms. The van der Waals surface area contributed by atoms with Crippen LogP contribution < -0.4 is 16.4 Å². The van der Waals surface area contributed by atoms with Gasteiger partial charge in [0.25, 0.3) is 0 Å². The molecule has 0 radical (unpaired) electrons. The molecule has 0 aromatic heterocycles. The van der Waals surface area contributed by atoms with E-state index in [9.17, 15) is 4.79 Å². The molecule has 0 bridgehead atoms. The molecular weight excluding hydrogens is 226 g/mol. The quantitative estimate of drug-likeness (QED) is 0.834. The van der Waals surface area contributed by atoms with Crippen LogP contribution in [0.5, 0.6) is 0 Å². The molecule has 1 aliphatic rings. The van der Waals surface area contributed by atoms with E-state index in [1.807, 2.05) is 6.07 Å². The molecule has 2 rings (SSSR count). The Morgan fingerprint density at radius 3 is 2.83 bits per heavy atom. The number of aryl methyl sites for hydroxylation is 1. The molecule has 0 fully saturated rings. The van der Waals surface area contributed by atoms with E-state index >= 15 is 0 Å². The number of nitrogens with zero attached hydrogens (tertiary/aromatic N) is 1. The summed E-state index contributed by atoms with van der Waals surface area (Å²) in [6, 6.07) is 8.39. The maximum absolute atomic E-state index is 11.1. The average molecular weight is 247 g/mol. The highest BCUT2D eigenvalue weighted by Crippen LogP contribution is 2.28. The van der Waals surface area contributed by atoms with Gasteiger partial charge in [-0.3, -0.25) is 4.79 Å². The second-order valence-corrected chi connectivity index (χ2v) is 4.84. The molecule has 0 saturated heterocycles. The van der Waals surface area contributed by atoms with Gasteiger partial charge in [0.05, 0.1) is 0 Å². The molecule has 4 heteroatoms. The highest BCUT2D eigenvalue weighted by molar-refractivity contribution is 5.75. The second-order valence-electron chi connectivity index (χ2n) is 4.84. The van der Waals surface area contributed by atoms with Crippen molar-refractivity contribution < 1.29 is 4.79 Å². The van der Waals surface area contributed by atoms with E-state index in [0.29, 0.717) is 13.0 Å². The van der Waals surface area contributed by atoms with Gasteiger partial charge in [-0.25, -0.2) is 0 Å². The molecule has 1 heterocycles. The number of hydrogen-bond acceptors (Lipinski definition) is 3. The summed E-state index contributed by atoms with van der Waals surface area (Å²) in [5.41, 5.74) is 13.7. The molecule has 98 valence electrons. The van der Waals surface area contributed by atoms with Crippen molar-refractivity contribution >= 4 is 11.6 Å². The minimum Gasteiger partial charge on any atom is -0.370 e. The summed E-state index contributed by atoms with van der Waals surface area (Å²) in [4.78, 5) is 13.4. The number of hydrogen-bond donors (Lipinski definition) is 2. The summed E-state index contributed by atoms with van der Waals surface area (Å²) in [6.07, 6.45) is 3.73. The Morgan fingerprint density at radius 1 is 1.33 bits per heavy atom. The van der Waals surface area contributed by atoms with Crippen LogP contribution in [0, 0.1) is 0 Å². The van der Waals surface area contributed by atoms with Gasteiger partial charge in [-0.05, 0) is 30.9 Å². The number of amides is 1. The van der Waals surface area contributed by atoms with Crippen LogP contribution in [0.3, 0.4) is 0 Å². The number of rotatable bonds is 4. The largest absolute Gasteiger partial charge is 0.370 e. The smallest absolute Gasteiger partial charge is 0.219 e. The van der Waals surface area contributed by atoms with Gasteiger partial charge >= 0.3 is 0 Å².